The van der Waals surface area contributed by atoms with E-state index in [0.717, 1.165) is 6.08 Å². The molecule has 0 heterocycles. The zero-order valence-corrected chi connectivity index (χ0v) is 8.64. The van der Waals surface area contributed by atoms with E-state index in [1.807, 2.05) is 0 Å². The number of carboxylic acids is 1. The highest BCUT2D eigenvalue weighted by molar-refractivity contribution is 5.86. The summed E-state index contributed by atoms with van der Waals surface area (Å²) < 4.78 is 37.2. The Bertz CT molecular complexity index is 522. The lowest BCUT2D eigenvalue weighted by Crippen LogP contribution is -2.06. The highest BCUT2D eigenvalue weighted by Crippen LogP contribution is 2.32. The van der Waals surface area contributed by atoms with Crippen molar-refractivity contribution in [3.63, 3.8) is 0 Å². The molecule has 0 aliphatic carbocycles. The van der Waals surface area contributed by atoms with Crippen molar-refractivity contribution in [2.45, 2.75) is 6.18 Å². The van der Waals surface area contributed by atoms with Gasteiger partial charge in [0.1, 0.15) is 0 Å². The van der Waals surface area contributed by atoms with Crippen LogP contribution in [0.15, 0.2) is 24.3 Å². The number of nitrogens with zero attached hydrogens (tertiary/aromatic N) is 1. The number of nitro benzene ring substituents is 1. The lowest BCUT2D eigenvalue weighted by atomic mass is 10.1. The molecule has 0 spiro atoms. The lowest BCUT2D eigenvalue weighted by Gasteiger charge is -2.07. The molecule has 0 unspecified atom stereocenters. The minimum absolute atomic E-state index is 0.419. The molecule has 0 aliphatic heterocycles. The van der Waals surface area contributed by atoms with Crippen LogP contribution in [0.5, 0.6) is 0 Å². The molecule has 0 aromatic heterocycles. The molecule has 0 aliphatic rings. The van der Waals surface area contributed by atoms with Gasteiger partial charge in [-0.3, -0.25) is 10.1 Å². The van der Waals surface area contributed by atoms with Gasteiger partial charge in [0.15, 0.2) is 0 Å². The molecule has 1 rings (SSSR count). The van der Waals surface area contributed by atoms with Gasteiger partial charge in [0.2, 0.25) is 0 Å². The van der Waals surface area contributed by atoms with E-state index < -0.39 is 33.9 Å². The van der Waals surface area contributed by atoms with Crippen LogP contribution < -0.4 is 0 Å². The molecule has 5 nitrogen and oxygen atoms in total. The maximum absolute atomic E-state index is 12.4. The lowest BCUT2D eigenvalue weighted by molar-refractivity contribution is -0.385. The molecule has 0 fully saturated rings. The van der Waals surface area contributed by atoms with Gasteiger partial charge in [-0.2, -0.15) is 13.2 Å². The van der Waals surface area contributed by atoms with Gasteiger partial charge in [0, 0.05) is 12.1 Å². The molecule has 1 aromatic rings. The molecule has 1 N–H and O–H groups in total. The third-order valence-electron chi connectivity index (χ3n) is 1.96. The monoisotopic (exact) mass is 261 g/mol. The summed E-state index contributed by atoms with van der Waals surface area (Å²) in [4.78, 5) is 19.9. The maximum atomic E-state index is 12.4. The fraction of sp³-hybridized carbons (Fsp3) is 0.100. The Morgan fingerprint density at radius 3 is 2.44 bits per heavy atom. The van der Waals surface area contributed by atoms with Crippen LogP contribution in [0, 0.1) is 10.1 Å². The summed E-state index contributed by atoms with van der Waals surface area (Å²) >= 11 is 0. The van der Waals surface area contributed by atoms with Gasteiger partial charge in [-0.05, 0) is 18.2 Å². The van der Waals surface area contributed by atoms with Crippen molar-refractivity contribution in [3.8, 4) is 0 Å². The number of aliphatic carboxylic acids is 1. The Labute approximate surface area is 98.3 Å². The predicted molar refractivity (Wildman–Crippen MR) is 54.8 cm³/mol. The van der Waals surface area contributed by atoms with E-state index in [1.54, 1.807) is 0 Å². The van der Waals surface area contributed by atoms with E-state index in [0.29, 0.717) is 24.3 Å². The van der Waals surface area contributed by atoms with Gasteiger partial charge < -0.3 is 5.11 Å². The van der Waals surface area contributed by atoms with Gasteiger partial charge >= 0.3 is 12.1 Å². The normalized spacial score (nSPS) is 11.7. The van der Waals surface area contributed by atoms with E-state index in [-0.39, 0.29) is 0 Å². The number of hydrogen-bond donors (Lipinski definition) is 1. The van der Waals surface area contributed by atoms with Crippen molar-refractivity contribution in [2.24, 2.45) is 0 Å². The van der Waals surface area contributed by atoms with Crippen molar-refractivity contribution in [2.75, 3.05) is 0 Å². The minimum atomic E-state index is -4.65. The zero-order chi connectivity index (χ0) is 13.9. The summed E-state index contributed by atoms with van der Waals surface area (Å²) in [6.45, 7) is 0. The summed E-state index contributed by atoms with van der Waals surface area (Å²) in [5.74, 6) is -1.42. The SMILES string of the molecule is O=C(O)C=Cc1cc(C(F)(F)F)ccc1[N+](=O)[O-]. The van der Waals surface area contributed by atoms with Gasteiger partial charge in [-0.1, -0.05) is 0 Å². The van der Waals surface area contributed by atoms with Crippen molar-refractivity contribution >= 4 is 17.7 Å². The molecule has 0 saturated carbocycles. The van der Waals surface area contributed by atoms with Crippen LogP contribution in [0.3, 0.4) is 0 Å². The Balaban J connectivity index is 3.33. The number of benzene rings is 1. The predicted octanol–water partition coefficient (Wildman–Crippen LogP) is 2.71. The molecule has 0 bridgehead atoms. The van der Waals surface area contributed by atoms with E-state index in [9.17, 15) is 28.1 Å². The number of carboxylic acid groups (broad SMARTS) is 1. The molecule has 0 amide bonds. The minimum Gasteiger partial charge on any atom is -0.478 e. The van der Waals surface area contributed by atoms with E-state index in [1.165, 1.54) is 0 Å². The summed E-state index contributed by atoms with van der Waals surface area (Å²) in [5.41, 5.74) is -2.10. The van der Waals surface area contributed by atoms with Crippen molar-refractivity contribution < 1.29 is 28.0 Å². The molecular formula is C10H6F3NO4. The molecule has 1 aromatic carbocycles. The zero-order valence-electron chi connectivity index (χ0n) is 8.64. The topological polar surface area (TPSA) is 80.4 Å². The van der Waals surface area contributed by atoms with Crippen LogP contribution in [-0.2, 0) is 11.0 Å². The first kappa shape index (κ1) is 13.7. The summed E-state index contributed by atoms with van der Waals surface area (Å²) in [6.07, 6.45) is -3.38. The Morgan fingerprint density at radius 1 is 1.39 bits per heavy atom. The third-order valence-corrected chi connectivity index (χ3v) is 1.96. The molecule has 18 heavy (non-hydrogen) atoms. The van der Waals surface area contributed by atoms with E-state index in [2.05, 4.69) is 0 Å². The van der Waals surface area contributed by atoms with Crippen LogP contribution in [0.25, 0.3) is 6.08 Å². The number of carbonyl (C=O) groups is 1. The number of nitro groups is 1. The van der Waals surface area contributed by atoms with Crippen molar-refractivity contribution in [3.05, 3.63) is 45.5 Å². The first-order valence-corrected chi connectivity index (χ1v) is 4.48. The maximum Gasteiger partial charge on any atom is 0.416 e. The molecule has 96 valence electrons. The molecule has 0 saturated heterocycles. The second-order valence-electron chi connectivity index (χ2n) is 3.20. The highest BCUT2D eigenvalue weighted by atomic mass is 19.4. The van der Waals surface area contributed by atoms with Gasteiger partial charge in [-0.25, -0.2) is 4.79 Å². The van der Waals surface area contributed by atoms with Crippen molar-refractivity contribution in [1.29, 1.82) is 0 Å². The van der Waals surface area contributed by atoms with Crippen LogP contribution >= 0.6 is 0 Å². The van der Waals surface area contributed by atoms with E-state index >= 15 is 0 Å². The highest BCUT2D eigenvalue weighted by Gasteiger charge is 2.31. The van der Waals surface area contributed by atoms with Crippen LogP contribution in [0.2, 0.25) is 0 Å². The second-order valence-corrected chi connectivity index (χ2v) is 3.20. The first-order chi connectivity index (χ1) is 8.21. The average Bonchev–Trinajstić information content (AvgIpc) is 2.24. The summed E-state index contributed by atoms with van der Waals surface area (Å²) in [7, 11) is 0. The first-order valence-electron chi connectivity index (χ1n) is 4.48. The fourth-order valence-corrected chi connectivity index (χ4v) is 1.19. The second kappa shape index (κ2) is 4.86. The summed E-state index contributed by atoms with van der Waals surface area (Å²) in [6, 6.07) is 1.78. The Hall–Kier alpha value is -2.38. The average molecular weight is 261 g/mol. The standard InChI is InChI=1S/C10H6F3NO4/c11-10(12,13)7-2-3-8(14(17)18)6(5-7)1-4-9(15)16/h1-5H,(H,15,16). The number of alkyl halides is 3. The smallest absolute Gasteiger partial charge is 0.416 e. The number of hydrogen-bond acceptors (Lipinski definition) is 3. The fourth-order valence-electron chi connectivity index (χ4n) is 1.19. The third kappa shape index (κ3) is 3.30. The summed E-state index contributed by atoms with van der Waals surface area (Å²) in [5, 5.41) is 18.9. The number of rotatable bonds is 3. The van der Waals surface area contributed by atoms with Crippen LogP contribution in [-0.4, -0.2) is 16.0 Å². The molecular weight excluding hydrogens is 255 g/mol. The van der Waals surface area contributed by atoms with Crippen LogP contribution in [0.1, 0.15) is 11.1 Å². The molecule has 0 atom stereocenters. The van der Waals surface area contributed by atoms with Gasteiger partial charge in [0.25, 0.3) is 5.69 Å². The Morgan fingerprint density at radius 2 is 2.00 bits per heavy atom. The van der Waals surface area contributed by atoms with E-state index in [4.69, 9.17) is 5.11 Å². The Kier molecular flexibility index (Phi) is 3.70. The quantitative estimate of drug-likeness (QED) is 0.515. The van der Waals surface area contributed by atoms with Gasteiger partial charge in [0.05, 0.1) is 16.1 Å². The molecule has 8 heteroatoms. The molecule has 0 radical (unpaired) electrons. The van der Waals surface area contributed by atoms with Crippen molar-refractivity contribution in [1.82, 2.24) is 0 Å². The largest absolute Gasteiger partial charge is 0.478 e. The number of halogens is 3. The van der Waals surface area contributed by atoms with Crippen LogP contribution in [0.4, 0.5) is 18.9 Å². The van der Waals surface area contributed by atoms with Gasteiger partial charge in [-0.15, -0.1) is 0 Å².